The number of benzene rings is 4. The summed E-state index contributed by atoms with van der Waals surface area (Å²) in [6.45, 7) is 3.82. The highest BCUT2D eigenvalue weighted by Gasteiger charge is 2.32. The van der Waals surface area contributed by atoms with Crippen LogP contribution in [0.15, 0.2) is 103 Å². The molecule has 0 radical (unpaired) electrons. The van der Waals surface area contributed by atoms with Gasteiger partial charge in [0.1, 0.15) is 24.7 Å². The number of hydrogen-bond donors (Lipinski definition) is 1. The number of nitrogens with zero attached hydrogens (tertiary/aromatic N) is 4. The molecule has 242 valence electrons. The number of halogens is 4. The molecule has 1 N–H and O–H groups in total. The highest BCUT2D eigenvalue weighted by molar-refractivity contribution is 7.85. The van der Waals surface area contributed by atoms with Crippen LogP contribution in [0.4, 0.5) is 11.4 Å². The molecule has 0 aliphatic carbocycles. The molecule has 0 unspecified atom stereocenters. The Kier molecular flexibility index (Phi) is 9.90. The van der Waals surface area contributed by atoms with Crippen molar-refractivity contribution in [3.63, 3.8) is 0 Å². The van der Waals surface area contributed by atoms with E-state index in [0.29, 0.717) is 51.1 Å². The minimum absolute atomic E-state index is 0.00497. The largest absolute Gasteiger partial charge is 0.326 e. The SMILES string of the molecule is CCN1C(=CC=Cc2n(CCS(=O)(=O)O)c3cc(Cl)c(Cl)cc3[n+]2Cc2ccccc2)N(Cc2ccccc2)c2cc(Cl)c(Cl)cc21. The van der Waals surface area contributed by atoms with Crippen molar-refractivity contribution in [2.24, 2.45) is 0 Å². The summed E-state index contributed by atoms with van der Waals surface area (Å²) in [4.78, 5) is 4.38. The second-order valence-corrected chi connectivity index (χ2v) is 14.3. The maximum Gasteiger partial charge on any atom is 0.282 e. The molecule has 12 heteroatoms. The van der Waals surface area contributed by atoms with Crippen LogP contribution >= 0.6 is 46.4 Å². The van der Waals surface area contributed by atoms with Crippen LogP contribution in [0.1, 0.15) is 23.9 Å². The molecule has 0 atom stereocenters. The van der Waals surface area contributed by atoms with E-state index in [4.69, 9.17) is 46.4 Å². The molecule has 0 saturated heterocycles. The summed E-state index contributed by atoms with van der Waals surface area (Å²) in [5.74, 6) is 1.14. The fourth-order valence-electron chi connectivity index (χ4n) is 5.92. The summed E-state index contributed by atoms with van der Waals surface area (Å²) in [7, 11) is -4.25. The van der Waals surface area contributed by atoms with Crippen LogP contribution in [-0.4, -0.2) is 29.8 Å². The van der Waals surface area contributed by atoms with Gasteiger partial charge in [0, 0.05) is 31.3 Å². The summed E-state index contributed by atoms with van der Waals surface area (Å²) in [5, 5.41) is 1.66. The summed E-state index contributed by atoms with van der Waals surface area (Å²) in [6.07, 6.45) is 5.89. The van der Waals surface area contributed by atoms with E-state index in [1.807, 2.05) is 83.5 Å². The molecule has 0 bridgehead atoms. The summed E-state index contributed by atoms with van der Waals surface area (Å²) in [5.41, 5.74) is 5.50. The third-order valence-corrected chi connectivity index (χ3v) is 10.2. The molecule has 0 fully saturated rings. The molecule has 7 nitrogen and oxygen atoms in total. The van der Waals surface area contributed by atoms with Crippen LogP contribution in [0.3, 0.4) is 0 Å². The van der Waals surface area contributed by atoms with E-state index in [-0.39, 0.29) is 6.54 Å². The van der Waals surface area contributed by atoms with Gasteiger partial charge in [-0.05, 0) is 36.3 Å². The van der Waals surface area contributed by atoms with Gasteiger partial charge in [0.25, 0.3) is 15.9 Å². The zero-order chi connectivity index (χ0) is 33.3. The zero-order valence-electron chi connectivity index (χ0n) is 25.3. The average Bonchev–Trinajstić information content (AvgIpc) is 3.47. The topological polar surface area (TPSA) is 69.7 Å². The highest BCUT2D eigenvalue weighted by Crippen LogP contribution is 2.46. The van der Waals surface area contributed by atoms with E-state index in [9.17, 15) is 13.0 Å². The first-order chi connectivity index (χ1) is 22.5. The Morgan fingerprint density at radius 2 is 1.36 bits per heavy atom. The third-order valence-electron chi connectivity index (χ3n) is 8.05. The number of anilines is 2. The average molecular weight is 730 g/mol. The van der Waals surface area contributed by atoms with E-state index in [2.05, 4.69) is 33.4 Å². The molecule has 6 rings (SSSR count). The Bertz CT molecular complexity index is 2120. The molecule has 0 spiro atoms. The predicted octanol–water partition coefficient (Wildman–Crippen LogP) is 8.88. The predicted molar refractivity (Wildman–Crippen MR) is 193 cm³/mol. The first-order valence-corrected chi connectivity index (χ1v) is 18.0. The fourth-order valence-corrected chi connectivity index (χ4v) is 6.96. The van der Waals surface area contributed by atoms with Crippen molar-refractivity contribution < 1.29 is 17.5 Å². The Morgan fingerprint density at radius 3 is 1.98 bits per heavy atom. The normalized spacial score (nSPS) is 14.2. The number of aromatic nitrogens is 2. The Balaban J connectivity index is 1.50. The Labute approximate surface area is 294 Å². The number of fused-ring (bicyclic) bond motifs is 2. The molecule has 1 aromatic heterocycles. The van der Waals surface area contributed by atoms with Gasteiger partial charge < -0.3 is 9.80 Å². The standard InChI is InChI=1S/C35H30Cl4N4O3S/c1-2-40-30-18-26(36)28(38)20-32(30)42(22-24-10-5-3-6-11-24)34(40)14-9-15-35-41(16-17-47(44,45)46)31-19-27(37)29(39)21-33(31)43(35)23-25-12-7-4-8-13-25/h3-15,18-21H,2,16-17,22-23H2,1H3/p+1. The van der Waals surface area contributed by atoms with E-state index in [1.165, 1.54) is 0 Å². The summed E-state index contributed by atoms with van der Waals surface area (Å²) in [6, 6.07) is 27.4. The van der Waals surface area contributed by atoms with Gasteiger partial charge in [-0.15, -0.1) is 0 Å². The maximum absolute atomic E-state index is 11.9. The van der Waals surface area contributed by atoms with Crippen LogP contribution in [0.2, 0.25) is 20.1 Å². The lowest BCUT2D eigenvalue weighted by Gasteiger charge is -2.24. The molecule has 5 aromatic rings. The lowest BCUT2D eigenvalue weighted by Crippen LogP contribution is -2.37. The molecule has 4 aromatic carbocycles. The number of aryl methyl sites for hydroxylation is 1. The van der Waals surface area contributed by atoms with Gasteiger partial charge in [0.15, 0.2) is 11.0 Å². The van der Waals surface area contributed by atoms with Crippen LogP contribution in [0.5, 0.6) is 0 Å². The Morgan fingerprint density at radius 1 is 0.787 bits per heavy atom. The van der Waals surface area contributed by atoms with Gasteiger partial charge in [-0.25, -0.2) is 9.13 Å². The van der Waals surface area contributed by atoms with Crippen molar-refractivity contribution in [2.75, 3.05) is 22.1 Å². The van der Waals surface area contributed by atoms with E-state index >= 15 is 0 Å². The number of hydrogen-bond acceptors (Lipinski definition) is 4. The zero-order valence-corrected chi connectivity index (χ0v) is 29.2. The van der Waals surface area contributed by atoms with Crippen LogP contribution in [-0.2, 0) is 29.8 Å². The van der Waals surface area contributed by atoms with Gasteiger partial charge in [0.05, 0.1) is 31.5 Å². The molecular formula is C35H31Cl4N4O3S+. The van der Waals surface area contributed by atoms with Crippen molar-refractivity contribution >= 4 is 85.0 Å². The monoisotopic (exact) mass is 727 g/mol. The van der Waals surface area contributed by atoms with Crippen LogP contribution in [0, 0.1) is 0 Å². The smallest absolute Gasteiger partial charge is 0.282 e. The molecular weight excluding hydrogens is 698 g/mol. The van der Waals surface area contributed by atoms with Crippen molar-refractivity contribution in [3.05, 3.63) is 140 Å². The van der Waals surface area contributed by atoms with Crippen molar-refractivity contribution in [1.29, 1.82) is 0 Å². The van der Waals surface area contributed by atoms with Crippen molar-refractivity contribution in [1.82, 2.24) is 4.57 Å². The van der Waals surface area contributed by atoms with Crippen LogP contribution < -0.4 is 14.4 Å². The Hall–Kier alpha value is -3.50. The minimum Gasteiger partial charge on any atom is -0.326 e. The summed E-state index contributed by atoms with van der Waals surface area (Å²) >= 11 is 26.0. The maximum atomic E-state index is 11.9. The molecule has 0 saturated carbocycles. The lowest BCUT2D eigenvalue weighted by atomic mass is 10.2. The second-order valence-electron chi connectivity index (χ2n) is 11.1. The fraction of sp³-hybridized carbons (Fsp3) is 0.171. The number of allylic oxidation sites excluding steroid dienone is 2. The lowest BCUT2D eigenvalue weighted by molar-refractivity contribution is -0.665. The van der Waals surface area contributed by atoms with Crippen molar-refractivity contribution in [3.8, 4) is 0 Å². The first kappa shape index (κ1) is 33.4. The molecule has 1 aliphatic rings. The first-order valence-electron chi connectivity index (χ1n) is 14.9. The summed E-state index contributed by atoms with van der Waals surface area (Å²) < 4.78 is 37.4. The van der Waals surface area contributed by atoms with Gasteiger partial charge in [-0.2, -0.15) is 8.42 Å². The molecule has 1 aliphatic heterocycles. The number of imidazole rings is 1. The quantitative estimate of drug-likeness (QED) is 0.115. The van der Waals surface area contributed by atoms with Gasteiger partial charge in [0.2, 0.25) is 0 Å². The second kappa shape index (κ2) is 13.9. The van der Waals surface area contributed by atoms with Gasteiger partial charge in [-0.3, -0.25) is 4.55 Å². The third kappa shape index (κ3) is 7.18. The van der Waals surface area contributed by atoms with Crippen molar-refractivity contribution in [2.45, 2.75) is 26.6 Å². The van der Waals surface area contributed by atoms with E-state index in [1.54, 1.807) is 12.1 Å². The van der Waals surface area contributed by atoms with E-state index in [0.717, 1.165) is 33.8 Å². The number of rotatable bonds is 10. The van der Waals surface area contributed by atoms with Gasteiger partial charge in [-0.1, -0.05) is 113 Å². The molecule has 47 heavy (non-hydrogen) atoms. The highest BCUT2D eigenvalue weighted by atomic mass is 35.5. The van der Waals surface area contributed by atoms with Gasteiger partial charge >= 0.3 is 0 Å². The van der Waals surface area contributed by atoms with Crippen LogP contribution in [0.25, 0.3) is 17.1 Å². The van der Waals surface area contributed by atoms with E-state index < -0.39 is 15.9 Å². The minimum atomic E-state index is -4.25. The molecule has 2 heterocycles. The molecule has 0 amide bonds.